The Hall–Kier alpha value is -1.55. The molecule has 4 nitrogen and oxygen atoms in total. The molecule has 0 N–H and O–H groups in total. The van der Waals surface area contributed by atoms with Gasteiger partial charge in [0.2, 0.25) is 0 Å². The SMILES string of the molecule is CN(C)[C@@]1(C)CCCN(C(=O)OCc2ccccc2)C1. The number of amides is 1. The van der Waals surface area contributed by atoms with E-state index in [4.69, 9.17) is 4.74 Å². The monoisotopic (exact) mass is 276 g/mol. The highest BCUT2D eigenvalue weighted by Gasteiger charge is 2.35. The summed E-state index contributed by atoms with van der Waals surface area (Å²) in [5, 5.41) is 0. The molecule has 0 aliphatic carbocycles. The number of hydrogen-bond acceptors (Lipinski definition) is 3. The fourth-order valence-electron chi connectivity index (χ4n) is 2.55. The molecule has 1 amide bonds. The maximum atomic E-state index is 12.2. The summed E-state index contributed by atoms with van der Waals surface area (Å²) >= 11 is 0. The molecular weight excluding hydrogens is 252 g/mol. The maximum absolute atomic E-state index is 12.2. The molecule has 0 bridgehead atoms. The van der Waals surface area contributed by atoms with Gasteiger partial charge in [-0.2, -0.15) is 0 Å². The lowest BCUT2D eigenvalue weighted by Gasteiger charge is -2.44. The molecule has 110 valence electrons. The van der Waals surface area contributed by atoms with Gasteiger partial charge in [0.15, 0.2) is 0 Å². The van der Waals surface area contributed by atoms with Crippen LogP contribution in [0, 0.1) is 0 Å². The Morgan fingerprint density at radius 3 is 2.70 bits per heavy atom. The first-order valence-electron chi connectivity index (χ1n) is 7.14. The van der Waals surface area contributed by atoms with Crippen molar-refractivity contribution < 1.29 is 9.53 Å². The zero-order valence-electron chi connectivity index (χ0n) is 12.6. The van der Waals surface area contributed by atoms with Crippen molar-refractivity contribution in [2.24, 2.45) is 0 Å². The minimum atomic E-state index is -0.207. The first kappa shape index (κ1) is 14.9. The van der Waals surface area contributed by atoms with Crippen LogP contribution in [-0.4, -0.2) is 48.6 Å². The van der Waals surface area contributed by atoms with Crippen LogP contribution in [0.2, 0.25) is 0 Å². The molecule has 0 unspecified atom stereocenters. The summed E-state index contributed by atoms with van der Waals surface area (Å²) < 4.78 is 5.41. The van der Waals surface area contributed by atoms with Crippen LogP contribution in [0.4, 0.5) is 4.79 Å². The minimum Gasteiger partial charge on any atom is -0.445 e. The molecule has 1 fully saturated rings. The van der Waals surface area contributed by atoms with Crippen LogP contribution < -0.4 is 0 Å². The summed E-state index contributed by atoms with van der Waals surface area (Å²) in [5.74, 6) is 0. The van der Waals surface area contributed by atoms with Crippen LogP contribution in [0.3, 0.4) is 0 Å². The van der Waals surface area contributed by atoms with Crippen LogP contribution in [-0.2, 0) is 11.3 Å². The number of carbonyl (C=O) groups excluding carboxylic acids is 1. The van der Waals surface area contributed by atoms with E-state index >= 15 is 0 Å². The molecule has 0 aromatic heterocycles. The third kappa shape index (κ3) is 3.51. The summed E-state index contributed by atoms with van der Waals surface area (Å²) in [6.07, 6.45) is 1.93. The third-order valence-electron chi connectivity index (χ3n) is 4.22. The van der Waals surface area contributed by atoms with Crippen LogP contribution in [0.15, 0.2) is 30.3 Å². The van der Waals surface area contributed by atoms with Gasteiger partial charge in [0.1, 0.15) is 6.61 Å². The van der Waals surface area contributed by atoms with Crippen molar-refractivity contribution in [2.45, 2.75) is 31.9 Å². The van der Waals surface area contributed by atoms with Gasteiger partial charge in [0.05, 0.1) is 0 Å². The Balaban J connectivity index is 1.89. The Morgan fingerprint density at radius 2 is 2.05 bits per heavy atom. The number of rotatable bonds is 3. The molecule has 4 heteroatoms. The highest BCUT2D eigenvalue weighted by Crippen LogP contribution is 2.25. The first-order chi connectivity index (χ1) is 9.51. The third-order valence-corrected chi connectivity index (χ3v) is 4.22. The number of likely N-dealkylation sites (N-methyl/N-ethyl adjacent to an activating group) is 1. The van der Waals surface area contributed by atoms with Gasteiger partial charge in [-0.25, -0.2) is 4.79 Å². The molecule has 20 heavy (non-hydrogen) atoms. The molecular formula is C16H24N2O2. The van der Waals surface area contributed by atoms with Crippen molar-refractivity contribution in [3.8, 4) is 0 Å². The van der Waals surface area contributed by atoms with Crippen molar-refractivity contribution in [1.29, 1.82) is 0 Å². The van der Waals surface area contributed by atoms with E-state index in [0.29, 0.717) is 6.61 Å². The first-order valence-corrected chi connectivity index (χ1v) is 7.14. The molecule has 1 heterocycles. The van der Waals surface area contributed by atoms with Crippen molar-refractivity contribution in [1.82, 2.24) is 9.80 Å². The fraction of sp³-hybridized carbons (Fsp3) is 0.562. The molecule has 0 spiro atoms. The van der Waals surface area contributed by atoms with Crippen LogP contribution in [0.1, 0.15) is 25.3 Å². The van der Waals surface area contributed by atoms with Crippen molar-refractivity contribution >= 4 is 6.09 Å². The normalized spacial score (nSPS) is 22.9. The van der Waals surface area contributed by atoms with Gasteiger partial charge in [0.25, 0.3) is 0 Å². The number of benzene rings is 1. The Morgan fingerprint density at radius 1 is 1.35 bits per heavy atom. The lowest BCUT2D eigenvalue weighted by molar-refractivity contribution is 0.0382. The second kappa shape index (κ2) is 6.27. The second-order valence-electron chi connectivity index (χ2n) is 5.96. The van der Waals surface area contributed by atoms with Gasteiger partial charge < -0.3 is 14.5 Å². The highest BCUT2D eigenvalue weighted by atomic mass is 16.6. The topological polar surface area (TPSA) is 32.8 Å². The van der Waals surface area contributed by atoms with E-state index in [0.717, 1.165) is 31.5 Å². The number of carbonyl (C=O) groups is 1. The van der Waals surface area contributed by atoms with E-state index in [2.05, 4.69) is 25.9 Å². The van der Waals surface area contributed by atoms with Gasteiger partial charge in [-0.3, -0.25) is 0 Å². The molecule has 1 aliphatic heterocycles. The molecule has 1 aliphatic rings. The number of nitrogens with zero attached hydrogens (tertiary/aromatic N) is 2. The van der Waals surface area contributed by atoms with Crippen LogP contribution in [0.5, 0.6) is 0 Å². The van der Waals surface area contributed by atoms with Crippen molar-refractivity contribution in [3.05, 3.63) is 35.9 Å². The summed E-state index contributed by atoms with van der Waals surface area (Å²) in [5.41, 5.74) is 1.07. The maximum Gasteiger partial charge on any atom is 0.410 e. The zero-order chi connectivity index (χ0) is 14.6. The van der Waals surface area contributed by atoms with E-state index in [-0.39, 0.29) is 11.6 Å². The Kier molecular flexibility index (Phi) is 4.65. The summed E-state index contributed by atoms with van der Waals surface area (Å²) in [7, 11) is 4.14. The largest absolute Gasteiger partial charge is 0.445 e. The van der Waals surface area contributed by atoms with E-state index < -0.39 is 0 Å². The van der Waals surface area contributed by atoms with E-state index in [1.807, 2.05) is 35.2 Å². The van der Waals surface area contributed by atoms with Gasteiger partial charge in [-0.15, -0.1) is 0 Å². The lowest BCUT2D eigenvalue weighted by atomic mass is 9.90. The summed E-state index contributed by atoms with van der Waals surface area (Å²) in [4.78, 5) is 16.2. The number of ether oxygens (including phenoxy) is 1. The average molecular weight is 276 g/mol. The molecule has 1 saturated heterocycles. The fourth-order valence-corrected chi connectivity index (χ4v) is 2.55. The van der Waals surface area contributed by atoms with E-state index in [1.165, 1.54) is 0 Å². The lowest BCUT2D eigenvalue weighted by Crippen LogP contribution is -2.55. The van der Waals surface area contributed by atoms with E-state index in [1.54, 1.807) is 0 Å². The summed E-state index contributed by atoms with van der Waals surface area (Å²) in [6.45, 7) is 4.06. The quantitative estimate of drug-likeness (QED) is 0.851. The van der Waals surface area contributed by atoms with Crippen LogP contribution in [0.25, 0.3) is 0 Å². The Bertz CT molecular complexity index is 447. The average Bonchev–Trinajstić information content (AvgIpc) is 2.46. The minimum absolute atomic E-state index is 0.0457. The highest BCUT2D eigenvalue weighted by molar-refractivity contribution is 5.68. The Labute approximate surface area is 121 Å². The molecule has 0 saturated carbocycles. The van der Waals surface area contributed by atoms with Gasteiger partial charge in [-0.05, 0) is 39.4 Å². The van der Waals surface area contributed by atoms with Gasteiger partial charge >= 0.3 is 6.09 Å². The molecule has 0 radical (unpaired) electrons. The molecule has 2 rings (SSSR count). The van der Waals surface area contributed by atoms with Gasteiger partial charge in [0, 0.05) is 18.6 Å². The molecule has 1 aromatic rings. The zero-order valence-corrected chi connectivity index (χ0v) is 12.6. The molecule has 1 aromatic carbocycles. The summed E-state index contributed by atoms with van der Waals surface area (Å²) in [6, 6.07) is 9.79. The van der Waals surface area contributed by atoms with Crippen molar-refractivity contribution in [2.75, 3.05) is 27.2 Å². The standard InChI is InChI=1S/C16H24N2O2/c1-16(17(2)3)10-7-11-18(13-16)15(19)20-12-14-8-5-4-6-9-14/h4-6,8-9H,7,10-13H2,1-3H3/t16-/m0/s1. The van der Waals surface area contributed by atoms with Gasteiger partial charge in [-0.1, -0.05) is 30.3 Å². The van der Waals surface area contributed by atoms with E-state index in [9.17, 15) is 4.79 Å². The van der Waals surface area contributed by atoms with Crippen LogP contribution >= 0.6 is 0 Å². The molecule has 1 atom stereocenters. The number of piperidine rings is 1. The number of hydrogen-bond donors (Lipinski definition) is 0. The predicted octanol–water partition coefficient (Wildman–Crippen LogP) is 2.74. The van der Waals surface area contributed by atoms with Crippen molar-refractivity contribution in [3.63, 3.8) is 0 Å². The number of likely N-dealkylation sites (tertiary alicyclic amines) is 1. The smallest absolute Gasteiger partial charge is 0.410 e. The second-order valence-corrected chi connectivity index (χ2v) is 5.96. The predicted molar refractivity (Wildman–Crippen MR) is 79.5 cm³/mol.